The standard InChI is InChI=1S/C11H15N5O2.C10H16O.C2H6/c1-12-10-9-11(14-5-13-10)16(6-15-9)8-3-2-7(4-17)18-8;1-4-7-8-9(5-2)10(11)6-3;1-2/h5-8,17H,2-4H2,1H3,(H,12,13,14);4-5,7-8,10-11H,1,6H2,2-3H3;1-2H3/b;8-7-,9-5+;. The monoisotopic (exact) mass is 431 g/mol. The van der Waals surface area contributed by atoms with Gasteiger partial charge in [0, 0.05) is 7.05 Å². The van der Waals surface area contributed by atoms with E-state index >= 15 is 0 Å². The van der Waals surface area contributed by atoms with Crippen LogP contribution in [-0.4, -0.2) is 55.6 Å². The van der Waals surface area contributed by atoms with Crippen LogP contribution < -0.4 is 5.32 Å². The molecule has 172 valence electrons. The van der Waals surface area contributed by atoms with Gasteiger partial charge in [-0.25, -0.2) is 15.0 Å². The predicted octanol–water partition coefficient (Wildman–Crippen LogP) is 4.01. The van der Waals surface area contributed by atoms with E-state index in [-0.39, 0.29) is 25.0 Å². The quantitative estimate of drug-likeness (QED) is 0.569. The maximum atomic E-state index is 9.39. The molecule has 0 aromatic carbocycles. The minimum atomic E-state index is -0.337. The zero-order valence-corrected chi connectivity index (χ0v) is 19.3. The van der Waals surface area contributed by atoms with Crippen LogP contribution in [0.2, 0.25) is 0 Å². The number of aliphatic hydroxyl groups is 2. The van der Waals surface area contributed by atoms with Gasteiger partial charge in [-0.3, -0.25) is 4.57 Å². The van der Waals surface area contributed by atoms with Crippen LogP contribution in [0.25, 0.3) is 11.2 Å². The molecule has 1 saturated heterocycles. The predicted molar refractivity (Wildman–Crippen MR) is 126 cm³/mol. The Hall–Kier alpha value is -2.55. The summed E-state index contributed by atoms with van der Waals surface area (Å²) in [4.78, 5) is 12.7. The van der Waals surface area contributed by atoms with Crippen LogP contribution in [-0.2, 0) is 4.74 Å². The number of ether oxygens (including phenoxy) is 1. The Morgan fingerprint density at radius 2 is 2.10 bits per heavy atom. The number of hydrogen-bond acceptors (Lipinski definition) is 7. The van der Waals surface area contributed by atoms with E-state index < -0.39 is 0 Å². The molecule has 0 bridgehead atoms. The van der Waals surface area contributed by atoms with Crippen LogP contribution in [0.5, 0.6) is 0 Å². The molecule has 8 heteroatoms. The van der Waals surface area contributed by atoms with Crippen molar-refractivity contribution in [2.24, 2.45) is 0 Å². The summed E-state index contributed by atoms with van der Waals surface area (Å²) >= 11 is 0. The van der Waals surface area contributed by atoms with E-state index in [1.807, 2.05) is 50.5 Å². The molecule has 0 amide bonds. The second-order valence-corrected chi connectivity index (χ2v) is 6.58. The van der Waals surface area contributed by atoms with E-state index in [4.69, 9.17) is 9.84 Å². The van der Waals surface area contributed by atoms with Crippen LogP contribution >= 0.6 is 0 Å². The Labute approximate surface area is 185 Å². The van der Waals surface area contributed by atoms with Crippen molar-refractivity contribution in [3.05, 3.63) is 49.1 Å². The Morgan fingerprint density at radius 3 is 2.65 bits per heavy atom. The third-order valence-electron chi connectivity index (χ3n) is 4.72. The fraction of sp³-hybridized carbons (Fsp3) is 0.522. The molecule has 3 rings (SSSR count). The largest absolute Gasteiger partial charge is 0.394 e. The number of fused-ring (bicyclic) bond motifs is 1. The van der Waals surface area contributed by atoms with Gasteiger partial charge in [0.05, 0.1) is 25.1 Å². The van der Waals surface area contributed by atoms with E-state index in [1.54, 1.807) is 19.5 Å². The topological polar surface area (TPSA) is 105 Å². The summed E-state index contributed by atoms with van der Waals surface area (Å²) in [5, 5.41) is 21.5. The highest BCUT2D eigenvalue weighted by atomic mass is 16.5. The molecule has 0 saturated carbocycles. The Kier molecular flexibility index (Phi) is 12.3. The summed E-state index contributed by atoms with van der Waals surface area (Å²) in [7, 11) is 1.80. The minimum Gasteiger partial charge on any atom is -0.394 e. The second kappa shape index (κ2) is 14.5. The van der Waals surface area contributed by atoms with Crippen molar-refractivity contribution >= 4 is 17.0 Å². The number of aromatic nitrogens is 4. The smallest absolute Gasteiger partial charge is 0.167 e. The van der Waals surface area contributed by atoms with Gasteiger partial charge in [-0.05, 0) is 31.8 Å². The number of anilines is 1. The summed E-state index contributed by atoms with van der Waals surface area (Å²) in [6.45, 7) is 11.5. The van der Waals surface area contributed by atoms with Gasteiger partial charge in [-0.15, -0.1) is 0 Å². The molecule has 0 spiro atoms. The van der Waals surface area contributed by atoms with E-state index in [9.17, 15) is 5.11 Å². The first-order valence-electron chi connectivity index (χ1n) is 10.8. The molecule has 1 fully saturated rings. The summed E-state index contributed by atoms with van der Waals surface area (Å²) in [5.74, 6) is 0.704. The van der Waals surface area contributed by atoms with Crippen molar-refractivity contribution in [3.8, 4) is 0 Å². The normalized spacial score (nSPS) is 19.4. The van der Waals surface area contributed by atoms with Crippen molar-refractivity contribution in [2.45, 2.75) is 65.4 Å². The molecule has 2 aromatic rings. The van der Waals surface area contributed by atoms with Crippen molar-refractivity contribution in [2.75, 3.05) is 19.0 Å². The van der Waals surface area contributed by atoms with Gasteiger partial charge >= 0.3 is 0 Å². The van der Waals surface area contributed by atoms with E-state index in [0.29, 0.717) is 5.82 Å². The lowest BCUT2D eigenvalue weighted by Crippen LogP contribution is -2.14. The Morgan fingerprint density at radius 1 is 1.35 bits per heavy atom. The van der Waals surface area contributed by atoms with Crippen LogP contribution in [0.4, 0.5) is 5.82 Å². The van der Waals surface area contributed by atoms with Crippen LogP contribution in [0.15, 0.2) is 49.1 Å². The molecule has 3 N–H and O–H groups in total. The van der Waals surface area contributed by atoms with Gasteiger partial charge in [0.1, 0.15) is 18.1 Å². The van der Waals surface area contributed by atoms with E-state index in [1.165, 1.54) is 6.33 Å². The first-order chi connectivity index (χ1) is 15.1. The molecule has 3 heterocycles. The molecule has 0 radical (unpaired) electrons. The lowest BCUT2D eigenvalue weighted by molar-refractivity contribution is -0.0207. The first-order valence-corrected chi connectivity index (χ1v) is 10.8. The van der Waals surface area contributed by atoms with Gasteiger partial charge in [0.2, 0.25) is 0 Å². The number of nitrogens with zero attached hydrogens (tertiary/aromatic N) is 4. The maximum Gasteiger partial charge on any atom is 0.167 e. The number of imidazole rings is 1. The highest BCUT2D eigenvalue weighted by Crippen LogP contribution is 2.30. The first kappa shape index (κ1) is 26.5. The summed E-state index contributed by atoms with van der Waals surface area (Å²) < 4.78 is 7.63. The van der Waals surface area contributed by atoms with Gasteiger partial charge < -0.3 is 20.3 Å². The number of hydrogen-bond donors (Lipinski definition) is 3. The molecule has 3 atom stereocenters. The second-order valence-electron chi connectivity index (χ2n) is 6.58. The van der Waals surface area contributed by atoms with Gasteiger partial charge in [-0.1, -0.05) is 51.7 Å². The number of rotatable bonds is 7. The fourth-order valence-electron chi connectivity index (χ4n) is 3.09. The maximum absolute atomic E-state index is 9.39. The van der Waals surface area contributed by atoms with Crippen LogP contribution in [0, 0.1) is 0 Å². The van der Waals surface area contributed by atoms with E-state index in [2.05, 4.69) is 26.8 Å². The van der Waals surface area contributed by atoms with Crippen molar-refractivity contribution in [1.82, 2.24) is 19.5 Å². The van der Waals surface area contributed by atoms with Crippen LogP contribution in [0.1, 0.15) is 53.2 Å². The lowest BCUT2D eigenvalue weighted by Gasteiger charge is -2.13. The highest BCUT2D eigenvalue weighted by Gasteiger charge is 2.27. The average molecular weight is 432 g/mol. The summed E-state index contributed by atoms with van der Waals surface area (Å²) in [6, 6.07) is 0. The zero-order chi connectivity index (χ0) is 23.2. The van der Waals surface area contributed by atoms with E-state index in [0.717, 1.165) is 36.0 Å². The molecule has 31 heavy (non-hydrogen) atoms. The number of nitrogens with one attached hydrogen (secondary N) is 1. The molecular formula is C23H37N5O3. The highest BCUT2D eigenvalue weighted by molar-refractivity contribution is 5.82. The van der Waals surface area contributed by atoms with Gasteiger partial charge in [0.15, 0.2) is 11.5 Å². The average Bonchev–Trinajstić information content (AvgIpc) is 3.47. The third kappa shape index (κ3) is 7.27. The minimum absolute atomic E-state index is 0.0554. The van der Waals surface area contributed by atoms with Crippen molar-refractivity contribution in [3.63, 3.8) is 0 Å². The fourth-order valence-corrected chi connectivity index (χ4v) is 3.09. The molecule has 1 aliphatic heterocycles. The number of aliphatic hydroxyl groups excluding tert-OH is 2. The summed E-state index contributed by atoms with van der Waals surface area (Å²) in [5.41, 5.74) is 2.43. The molecule has 0 aliphatic carbocycles. The van der Waals surface area contributed by atoms with Crippen molar-refractivity contribution in [1.29, 1.82) is 0 Å². The lowest BCUT2D eigenvalue weighted by atomic mass is 10.1. The molecule has 8 nitrogen and oxygen atoms in total. The zero-order valence-electron chi connectivity index (χ0n) is 19.3. The number of allylic oxidation sites excluding steroid dienone is 3. The summed E-state index contributed by atoms with van der Waals surface area (Å²) in [6.07, 6.45) is 12.5. The third-order valence-corrected chi connectivity index (χ3v) is 4.72. The molecule has 3 unspecified atom stereocenters. The Balaban J connectivity index is 0.000000321. The molecular weight excluding hydrogens is 394 g/mol. The van der Waals surface area contributed by atoms with Crippen molar-refractivity contribution < 1.29 is 14.9 Å². The van der Waals surface area contributed by atoms with Gasteiger partial charge in [-0.2, -0.15) is 0 Å². The van der Waals surface area contributed by atoms with Crippen LogP contribution in [0.3, 0.4) is 0 Å². The molecule has 2 aromatic heterocycles. The molecule has 1 aliphatic rings. The Bertz CT molecular complexity index is 847. The SMILES string of the molecule is C=C/C=C\C(=C/C)C(O)CC.CC.CNc1ncnc2c1ncn2C1CCC(CO)O1. The van der Waals surface area contributed by atoms with Gasteiger partial charge in [0.25, 0.3) is 0 Å².